The zero-order valence-electron chi connectivity index (χ0n) is 13.1. The van der Waals surface area contributed by atoms with Gasteiger partial charge in [-0.05, 0) is 56.0 Å². The Bertz CT molecular complexity index is 545. The van der Waals surface area contributed by atoms with Gasteiger partial charge in [-0.2, -0.15) is 0 Å². The van der Waals surface area contributed by atoms with Gasteiger partial charge in [-0.1, -0.05) is 0 Å². The topological polar surface area (TPSA) is 43.0 Å². The van der Waals surface area contributed by atoms with Crippen LogP contribution in [0.15, 0.2) is 12.1 Å². The molecular formula is C17H24N2O3. The summed E-state index contributed by atoms with van der Waals surface area (Å²) in [6.45, 7) is 4.76. The van der Waals surface area contributed by atoms with E-state index < -0.39 is 0 Å². The summed E-state index contributed by atoms with van der Waals surface area (Å²) in [5, 5.41) is 3.59. The van der Waals surface area contributed by atoms with E-state index in [9.17, 15) is 0 Å². The number of methoxy groups -OCH3 is 1. The van der Waals surface area contributed by atoms with Crippen molar-refractivity contribution in [2.75, 3.05) is 33.5 Å². The number of hydrogen-bond donors (Lipinski definition) is 1. The smallest absolute Gasteiger partial charge is 0.231 e. The van der Waals surface area contributed by atoms with Gasteiger partial charge in [0.2, 0.25) is 12.5 Å². The summed E-state index contributed by atoms with van der Waals surface area (Å²) >= 11 is 0. The van der Waals surface area contributed by atoms with Crippen molar-refractivity contribution >= 4 is 0 Å². The maximum absolute atomic E-state index is 5.47. The molecule has 1 saturated carbocycles. The van der Waals surface area contributed by atoms with Gasteiger partial charge in [-0.3, -0.25) is 0 Å². The van der Waals surface area contributed by atoms with E-state index in [1.165, 1.54) is 37.9 Å². The average Bonchev–Trinajstić information content (AvgIpc) is 3.09. The zero-order chi connectivity index (χ0) is 14.9. The van der Waals surface area contributed by atoms with Crippen LogP contribution in [0.2, 0.25) is 0 Å². The first-order valence-corrected chi connectivity index (χ1v) is 8.25. The zero-order valence-corrected chi connectivity index (χ0v) is 13.1. The lowest BCUT2D eigenvalue weighted by atomic mass is 10.1. The molecule has 0 spiro atoms. The highest BCUT2D eigenvalue weighted by Crippen LogP contribution is 2.41. The van der Waals surface area contributed by atoms with Crippen LogP contribution in [-0.2, 0) is 6.54 Å². The molecule has 5 nitrogen and oxygen atoms in total. The number of benzene rings is 1. The lowest BCUT2D eigenvalue weighted by Gasteiger charge is -2.15. The van der Waals surface area contributed by atoms with Crippen molar-refractivity contribution in [3.05, 3.63) is 17.7 Å². The molecule has 1 N–H and O–H groups in total. The number of nitrogens with one attached hydrogen (secondary N) is 1. The first kappa shape index (κ1) is 14.2. The van der Waals surface area contributed by atoms with Crippen LogP contribution in [0.5, 0.6) is 17.2 Å². The van der Waals surface area contributed by atoms with Gasteiger partial charge in [0.1, 0.15) is 0 Å². The molecule has 1 aromatic carbocycles. The summed E-state index contributed by atoms with van der Waals surface area (Å²) in [7, 11) is 1.67. The van der Waals surface area contributed by atoms with Crippen LogP contribution in [0.1, 0.15) is 24.8 Å². The van der Waals surface area contributed by atoms with E-state index in [-0.39, 0.29) is 6.79 Å². The van der Waals surface area contributed by atoms with Crippen LogP contribution >= 0.6 is 0 Å². The van der Waals surface area contributed by atoms with E-state index in [1.54, 1.807) is 7.11 Å². The highest BCUT2D eigenvalue weighted by molar-refractivity contribution is 5.55. The van der Waals surface area contributed by atoms with Gasteiger partial charge >= 0.3 is 0 Å². The Morgan fingerprint density at radius 1 is 1.27 bits per heavy atom. The van der Waals surface area contributed by atoms with Crippen molar-refractivity contribution in [3.8, 4) is 17.2 Å². The molecule has 2 heterocycles. The monoisotopic (exact) mass is 304 g/mol. The largest absolute Gasteiger partial charge is 0.493 e. The Balaban J connectivity index is 1.30. The molecule has 5 heteroatoms. The average molecular weight is 304 g/mol. The summed E-state index contributed by atoms with van der Waals surface area (Å²) in [6.07, 6.45) is 4.15. The second-order valence-electron chi connectivity index (χ2n) is 6.54. The molecule has 22 heavy (non-hydrogen) atoms. The number of nitrogens with zero attached hydrogens (tertiary/aromatic N) is 1. The minimum atomic E-state index is 0.279. The maximum atomic E-state index is 5.47. The number of likely N-dealkylation sites (tertiary alicyclic amines) is 1. The molecule has 1 atom stereocenters. The Hall–Kier alpha value is -1.46. The molecule has 1 unspecified atom stereocenters. The predicted molar refractivity (Wildman–Crippen MR) is 83.5 cm³/mol. The second kappa shape index (κ2) is 5.97. The van der Waals surface area contributed by atoms with Gasteiger partial charge in [-0.15, -0.1) is 0 Å². The van der Waals surface area contributed by atoms with Crippen LogP contribution in [0.3, 0.4) is 0 Å². The molecule has 2 fully saturated rings. The van der Waals surface area contributed by atoms with Gasteiger partial charge in [-0.25, -0.2) is 0 Å². The van der Waals surface area contributed by atoms with E-state index in [2.05, 4.69) is 10.2 Å². The first-order chi connectivity index (χ1) is 10.8. The van der Waals surface area contributed by atoms with Gasteiger partial charge in [0.15, 0.2) is 11.5 Å². The number of rotatable bonds is 6. The number of fused-ring (bicyclic) bond motifs is 1. The highest BCUT2D eigenvalue weighted by atomic mass is 16.7. The number of ether oxygens (including phenoxy) is 3. The van der Waals surface area contributed by atoms with E-state index in [4.69, 9.17) is 14.2 Å². The van der Waals surface area contributed by atoms with Crippen LogP contribution in [0.25, 0.3) is 0 Å². The third kappa shape index (κ3) is 2.88. The first-order valence-electron chi connectivity index (χ1n) is 8.25. The molecule has 0 aromatic heterocycles. The van der Waals surface area contributed by atoms with Crippen molar-refractivity contribution in [1.82, 2.24) is 10.2 Å². The number of hydrogen-bond acceptors (Lipinski definition) is 5. The SMILES string of the molecule is COc1cc(CNCC2CCN(C3CC3)C2)cc2c1OCO2. The summed E-state index contributed by atoms with van der Waals surface area (Å²) in [5.41, 5.74) is 1.18. The van der Waals surface area contributed by atoms with Crippen molar-refractivity contribution in [1.29, 1.82) is 0 Å². The molecule has 1 aromatic rings. The minimum Gasteiger partial charge on any atom is -0.493 e. The van der Waals surface area contributed by atoms with Gasteiger partial charge in [0, 0.05) is 19.1 Å². The Morgan fingerprint density at radius 3 is 3.00 bits per heavy atom. The molecule has 0 bridgehead atoms. The van der Waals surface area contributed by atoms with E-state index in [1.807, 2.05) is 12.1 Å². The Kier molecular flexibility index (Phi) is 3.84. The minimum absolute atomic E-state index is 0.279. The fourth-order valence-corrected chi connectivity index (χ4v) is 3.51. The maximum Gasteiger partial charge on any atom is 0.231 e. The lowest BCUT2D eigenvalue weighted by molar-refractivity contribution is 0.171. The second-order valence-corrected chi connectivity index (χ2v) is 6.54. The Morgan fingerprint density at radius 2 is 2.18 bits per heavy atom. The third-order valence-corrected chi connectivity index (χ3v) is 4.86. The highest BCUT2D eigenvalue weighted by Gasteiger charge is 2.34. The van der Waals surface area contributed by atoms with E-state index in [0.717, 1.165) is 42.3 Å². The van der Waals surface area contributed by atoms with Crippen molar-refractivity contribution < 1.29 is 14.2 Å². The molecular weight excluding hydrogens is 280 g/mol. The fourth-order valence-electron chi connectivity index (χ4n) is 3.51. The quantitative estimate of drug-likeness (QED) is 0.871. The van der Waals surface area contributed by atoms with Gasteiger partial charge < -0.3 is 24.4 Å². The molecule has 0 radical (unpaired) electrons. The summed E-state index contributed by atoms with van der Waals surface area (Å²) in [5.74, 6) is 3.06. The van der Waals surface area contributed by atoms with Gasteiger partial charge in [0.25, 0.3) is 0 Å². The molecule has 2 aliphatic heterocycles. The molecule has 4 rings (SSSR count). The van der Waals surface area contributed by atoms with Crippen LogP contribution < -0.4 is 19.5 Å². The third-order valence-electron chi connectivity index (χ3n) is 4.86. The normalized spacial score (nSPS) is 24.0. The van der Waals surface area contributed by atoms with E-state index >= 15 is 0 Å². The van der Waals surface area contributed by atoms with Crippen molar-refractivity contribution in [2.24, 2.45) is 5.92 Å². The molecule has 1 aliphatic carbocycles. The molecule has 120 valence electrons. The molecule has 1 saturated heterocycles. The summed E-state index contributed by atoms with van der Waals surface area (Å²) < 4.78 is 16.3. The standard InChI is InChI=1S/C17H24N2O3/c1-20-15-6-13(7-16-17(15)22-11-21-16)9-18-8-12-4-5-19(10-12)14-2-3-14/h6-7,12,14,18H,2-5,8-11H2,1H3. The van der Waals surface area contributed by atoms with Gasteiger partial charge in [0.05, 0.1) is 7.11 Å². The van der Waals surface area contributed by atoms with Crippen molar-refractivity contribution in [2.45, 2.75) is 31.8 Å². The van der Waals surface area contributed by atoms with E-state index in [0.29, 0.717) is 0 Å². The summed E-state index contributed by atoms with van der Waals surface area (Å²) in [6, 6.07) is 4.98. The van der Waals surface area contributed by atoms with Crippen LogP contribution in [0.4, 0.5) is 0 Å². The lowest BCUT2D eigenvalue weighted by Crippen LogP contribution is -2.27. The summed E-state index contributed by atoms with van der Waals surface area (Å²) in [4.78, 5) is 2.66. The van der Waals surface area contributed by atoms with Crippen LogP contribution in [0, 0.1) is 5.92 Å². The van der Waals surface area contributed by atoms with Crippen molar-refractivity contribution in [3.63, 3.8) is 0 Å². The predicted octanol–water partition coefficient (Wildman–Crippen LogP) is 2.00. The fraction of sp³-hybridized carbons (Fsp3) is 0.647. The molecule has 3 aliphatic rings. The molecule has 0 amide bonds. The Labute approximate surface area is 131 Å². The van der Waals surface area contributed by atoms with Crippen LogP contribution in [-0.4, -0.2) is 44.5 Å².